The Morgan fingerprint density at radius 1 is 0.885 bits per heavy atom. The topological polar surface area (TPSA) is 50.7 Å². The molecule has 0 bridgehead atoms. The number of rotatable bonds is 3. The Morgan fingerprint density at radius 3 is 2.35 bits per heavy atom. The zero-order valence-electron chi connectivity index (χ0n) is 15.4. The van der Waals surface area contributed by atoms with Crippen LogP contribution in [0.25, 0.3) is 20.9 Å². The summed E-state index contributed by atoms with van der Waals surface area (Å²) in [4.78, 5) is 13.6. The van der Waals surface area contributed by atoms with Crippen LogP contribution in [0.3, 0.4) is 0 Å². The highest BCUT2D eigenvalue weighted by atomic mass is 32.1. The van der Waals surface area contributed by atoms with Crippen LogP contribution in [0, 0.1) is 13.8 Å². The number of anilines is 2. The minimum absolute atomic E-state index is 0.580. The molecule has 5 heteroatoms. The van der Waals surface area contributed by atoms with E-state index in [1.54, 1.807) is 17.5 Å². The molecule has 0 aliphatic carbocycles. The van der Waals surface area contributed by atoms with Gasteiger partial charge in [0.1, 0.15) is 10.7 Å². The van der Waals surface area contributed by atoms with E-state index in [9.17, 15) is 0 Å². The Morgan fingerprint density at radius 2 is 1.62 bits per heavy atom. The molecule has 0 aliphatic heterocycles. The molecule has 0 unspecified atom stereocenters. The van der Waals surface area contributed by atoms with Crippen molar-refractivity contribution >= 4 is 33.2 Å². The van der Waals surface area contributed by atoms with E-state index in [1.807, 2.05) is 38.1 Å². The molecule has 0 radical (unpaired) electrons. The first kappa shape index (κ1) is 18.0. The van der Waals surface area contributed by atoms with Crippen molar-refractivity contribution in [1.82, 2.24) is 15.0 Å². The summed E-state index contributed by atoms with van der Waals surface area (Å²) >= 11 is 1.64. The van der Waals surface area contributed by atoms with Gasteiger partial charge in [-0.25, -0.2) is 15.0 Å². The van der Waals surface area contributed by atoms with Crippen LogP contribution in [0.4, 0.5) is 11.6 Å². The van der Waals surface area contributed by atoms with Crippen molar-refractivity contribution in [3.63, 3.8) is 0 Å². The van der Waals surface area contributed by atoms with Crippen molar-refractivity contribution in [2.24, 2.45) is 0 Å². The van der Waals surface area contributed by atoms with Crippen LogP contribution in [0.15, 0.2) is 54.7 Å². The number of thiazole rings is 1. The highest BCUT2D eigenvalue weighted by Crippen LogP contribution is 2.29. The van der Waals surface area contributed by atoms with Crippen molar-refractivity contribution in [2.45, 2.75) is 27.7 Å². The van der Waals surface area contributed by atoms with Crippen LogP contribution in [-0.4, -0.2) is 15.0 Å². The minimum Gasteiger partial charge on any atom is -0.324 e. The molecule has 0 saturated heterocycles. The molecule has 2 heterocycles. The van der Waals surface area contributed by atoms with Gasteiger partial charge in [-0.3, -0.25) is 0 Å². The standard InChI is InChI=1S/C19H16N4S.C2H6/c1-12-9-13(2)11-14(10-12)21-19-20-8-7-16(23-19)18-22-15-5-3-4-6-17(15)24-18;1-2/h3-11H,1-2H3,(H,20,21,23);1-2H3. The van der Waals surface area contributed by atoms with Gasteiger partial charge in [-0.15, -0.1) is 11.3 Å². The van der Waals surface area contributed by atoms with Crippen LogP contribution < -0.4 is 5.32 Å². The molecule has 0 saturated carbocycles. The molecule has 0 fully saturated rings. The van der Waals surface area contributed by atoms with Crippen molar-refractivity contribution in [2.75, 3.05) is 5.32 Å². The van der Waals surface area contributed by atoms with Gasteiger partial charge in [0.2, 0.25) is 5.95 Å². The fraction of sp³-hybridized carbons (Fsp3) is 0.190. The van der Waals surface area contributed by atoms with Gasteiger partial charge in [-0.05, 0) is 55.3 Å². The summed E-state index contributed by atoms with van der Waals surface area (Å²) in [6.45, 7) is 8.16. The molecular weight excluding hydrogens is 340 g/mol. The van der Waals surface area contributed by atoms with E-state index in [0.717, 1.165) is 26.6 Å². The second-order valence-electron chi connectivity index (χ2n) is 5.75. The molecule has 0 atom stereocenters. The maximum absolute atomic E-state index is 4.66. The molecule has 0 aliphatic rings. The number of hydrogen-bond acceptors (Lipinski definition) is 5. The Bertz CT molecular complexity index is 970. The van der Waals surface area contributed by atoms with Crippen molar-refractivity contribution in [3.8, 4) is 10.7 Å². The van der Waals surface area contributed by atoms with Gasteiger partial charge >= 0.3 is 0 Å². The molecule has 4 rings (SSSR count). The van der Waals surface area contributed by atoms with Crippen molar-refractivity contribution in [1.29, 1.82) is 0 Å². The van der Waals surface area contributed by atoms with E-state index in [1.165, 1.54) is 11.1 Å². The van der Waals surface area contributed by atoms with Crippen LogP contribution in [0.2, 0.25) is 0 Å². The first-order chi connectivity index (χ1) is 12.7. The number of para-hydroxylation sites is 1. The fourth-order valence-electron chi connectivity index (χ4n) is 2.70. The smallest absolute Gasteiger partial charge is 0.227 e. The third-order valence-electron chi connectivity index (χ3n) is 3.65. The summed E-state index contributed by atoms with van der Waals surface area (Å²) in [5.74, 6) is 0.580. The molecule has 2 aromatic carbocycles. The molecule has 132 valence electrons. The first-order valence-corrected chi connectivity index (χ1v) is 9.53. The summed E-state index contributed by atoms with van der Waals surface area (Å²) in [6, 6.07) is 16.3. The van der Waals surface area contributed by atoms with Crippen LogP contribution in [0.1, 0.15) is 25.0 Å². The lowest BCUT2D eigenvalue weighted by atomic mass is 10.1. The highest BCUT2D eigenvalue weighted by Gasteiger charge is 2.09. The predicted molar refractivity (Wildman–Crippen MR) is 111 cm³/mol. The molecule has 26 heavy (non-hydrogen) atoms. The number of nitrogens with one attached hydrogen (secondary N) is 1. The third kappa shape index (κ3) is 4.06. The SMILES string of the molecule is CC.Cc1cc(C)cc(Nc2nccc(-c3nc4ccccc4s3)n2)c1. The number of nitrogens with zero attached hydrogens (tertiary/aromatic N) is 3. The lowest BCUT2D eigenvalue weighted by Crippen LogP contribution is -1.98. The Hall–Kier alpha value is -2.79. The second kappa shape index (κ2) is 8.06. The number of benzene rings is 2. The first-order valence-electron chi connectivity index (χ1n) is 8.72. The average molecular weight is 363 g/mol. The van der Waals surface area contributed by atoms with Crippen LogP contribution in [-0.2, 0) is 0 Å². The zero-order valence-corrected chi connectivity index (χ0v) is 16.3. The molecule has 0 spiro atoms. The van der Waals surface area contributed by atoms with E-state index in [2.05, 4.69) is 58.4 Å². The maximum Gasteiger partial charge on any atom is 0.227 e. The van der Waals surface area contributed by atoms with E-state index in [0.29, 0.717) is 5.95 Å². The summed E-state index contributed by atoms with van der Waals surface area (Å²) in [5.41, 5.74) is 5.24. The number of aryl methyl sites for hydroxylation is 2. The zero-order chi connectivity index (χ0) is 18.5. The number of fused-ring (bicyclic) bond motifs is 1. The van der Waals surface area contributed by atoms with E-state index < -0.39 is 0 Å². The minimum atomic E-state index is 0.580. The summed E-state index contributed by atoms with van der Waals surface area (Å²) in [5, 5.41) is 4.19. The molecule has 4 aromatic rings. The summed E-state index contributed by atoms with van der Waals surface area (Å²) in [6.07, 6.45) is 1.76. The molecule has 4 nitrogen and oxygen atoms in total. The normalized spacial score (nSPS) is 10.3. The highest BCUT2D eigenvalue weighted by molar-refractivity contribution is 7.21. The van der Waals surface area contributed by atoms with E-state index in [-0.39, 0.29) is 0 Å². The van der Waals surface area contributed by atoms with Gasteiger partial charge in [0.05, 0.1) is 10.2 Å². The maximum atomic E-state index is 4.66. The summed E-state index contributed by atoms with van der Waals surface area (Å²) < 4.78 is 1.16. The molecular formula is C21H22N4S. The van der Waals surface area contributed by atoms with Gasteiger partial charge < -0.3 is 5.32 Å². The number of hydrogen-bond donors (Lipinski definition) is 1. The molecule has 1 N–H and O–H groups in total. The quantitative estimate of drug-likeness (QED) is 0.475. The predicted octanol–water partition coefficient (Wildman–Crippen LogP) is 6.14. The Kier molecular flexibility index (Phi) is 5.58. The van der Waals surface area contributed by atoms with Crippen molar-refractivity contribution in [3.05, 3.63) is 65.9 Å². The second-order valence-corrected chi connectivity index (χ2v) is 6.78. The third-order valence-corrected chi connectivity index (χ3v) is 4.71. The van der Waals surface area contributed by atoms with E-state index >= 15 is 0 Å². The van der Waals surface area contributed by atoms with E-state index in [4.69, 9.17) is 0 Å². The van der Waals surface area contributed by atoms with Crippen LogP contribution in [0.5, 0.6) is 0 Å². The Balaban J connectivity index is 0.000000948. The lowest BCUT2D eigenvalue weighted by molar-refractivity contribution is 1.16. The van der Waals surface area contributed by atoms with Gasteiger partial charge in [0.15, 0.2) is 0 Å². The number of aromatic nitrogens is 3. The molecule has 0 amide bonds. The average Bonchev–Trinajstić information content (AvgIpc) is 3.07. The van der Waals surface area contributed by atoms with Gasteiger partial charge in [0.25, 0.3) is 0 Å². The lowest BCUT2D eigenvalue weighted by Gasteiger charge is -2.07. The van der Waals surface area contributed by atoms with Gasteiger partial charge in [-0.2, -0.15) is 0 Å². The van der Waals surface area contributed by atoms with Gasteiger partial charge in [0, 0.05) is 11.9 Å². The fourth-order valence-corrected chi connectivity index (χ4v) is 3.63. The largest absolute Gasteiger partial charge is 0.324 e. The summed E-state index contributed by atoms with van der Waals surface area (Å²) in [7, 11) is 0. The molecule has 2 aromatic heterocycles. The Labute approximate surface area is 158 Å². The van der Waals surface area contributed by atoms with Crippen LogP contribution >= 0.6 is 11.3 Å². The van der Waals surface area contributed by atoms with Gasteiger partial charge in [-0.1, -0.05) is 32.0 Å². The monoisotopic (exact) mass is 362 g/mol. The van der Waals surface area contributed by atoms with Crippen molar-refractivity contribution < 1.29 is 0 Å².